The SMILES string of the molecule is CCCCCCCCCCCCCCCCCC(=O)NC(=O)OC(c1ccccc1[N+](=O)[O-])c1ccccc1[N+](=O)[O-]. The number of hydrogen-bond acceptors (Lipinski definition) is 7. The van der Waals surface area contributed by atoms with E-state index in [4.69, 9.17) is 4.74 Å². The molecule has 0 bridgehead atoms. The quantitative estimate of drug-likeness (QED) is 0.0877. The Balaban J connectivity index is 1.75. The van der Waals surface area contributed by atoms with Gasteiger partial charge in [-0.25, -0.2) is 4.79 Å². The number of hydrogen-bond donors (Lipinski definition) is 1. The van der Waals surface area contributed by atoms with Gasteiger partial charge in [0.05, 0.1) is 21.0 Å². The van der Waals surface area contributed by atoms with Gasteiger partial charge in [0, 0.05) is 18.6 Å². The number of carbonyl (C=O) groups is 2. The summed E-state index contributed by atoms with van der Waals surface area (Å²) < 4.78 is 5.42. The zero-order valence-electron chi connectivity index (χ0n) is 24.8. The molecule has 0 saturated carbocycles. The van der Waals surface area contributed by atoms with Crippen molar-refractivity contribution in [2.24, 2.45) is 0 Å². The molecule has 230 valence electrons. The minimum Gasteiger partial charge on any atom is -0.436 e. The standard InChI is InChI=1S/C32H45N3O7/c1-2-3-4-5-6-7-8-9-10-11-12-13-14-15-16-25-30(36)33-32(37)42-31(26-21-17-19-23-28(26)34(38)39)27-22-18-20-24-29(27)35(40)41/h17-24,31H,2-16,25H2,1H3,(H,33,36,37). The number of benzene rings is 2. The summed E-state index contributed by atoms with van der Waals surface area (Å²) >= 11 is 0. The van der Waals surface area contributed by atoms with Crippen molar-refractivity contribution in [2.45, 2.75) is 116 Å². The third-order valence-electron chi connectivity index (χ3n) is 7.31. The van der Waals surface area contributed by atoms with Crippen LogP contribution in [-0.2, 0) is 9.53 Å². The molecule has 10 nitrogen and oxygen atoms in total. The fraction of sp³-hybridized carbons (Fsp3) is 0.562. The van der Waals surface area contributed by atoms with E-state index in [0.717, 1.165) is 19.3 Å². The molecule has 0 fully saturated rings. The van der Waals surface area contributed by atoms with Crippen molar-refractivity contribution in [2.75, 3.05) is 0 Å². The number of nitro benzene ring substituents is 2. The second kappa shape index (κ2) is 20.1. The summed E-state index contributed by atoms with van der Waals surface area (Å²) in [5.74, 6) is -0.529. The molecular weight excluding hydrogens is 538 g/mol. The minimum atomic E-state index is -1.47. The highest BCUT2D eigenvalue weighted by atomic mass is 16.6. The van der Waals surface area contributed by atoms with Crippen molar-refractivity contribution in [3.63, 3.8) is 0 Å². The smallest absolute Gasteiger partial charge is 0.414 e. The molecule has 1 N–H and O–H groups in total. The molecule has 2 amide bonds. The van der Waals surface area contributed by atoms with Crippen LogP contribution in [0, 0.1) is 20.2 Å². The number of alkyl carbamates (subject to hydrolysis) is 1. The number of nitrogens with one attached hydrogen (secondary N) is 1. The summed E-state index contributed by atoms with van der Waals surface area (Å²) in [5.41, 5.74) is -0.807. The van der Waals surface area contributed by atoms with Gasteiger partial charge in [-0.15, -0.1) is 0 Å². The van der Waals surface area contributed by atoms with Crippen LogP contribution in [0.4, 0.5) is 16.2 Å². The zero-order chi connectivity index (χ0) is 30.6. The molecule has 2 aromatic carbocycles. The molecule has 0 aliphatic heterocycles. The Morgan fingerprint density at radius 2 is 1.05 bits per heavy atom. The summed E-state index contributed by atoms with van der Waals surface area (Å²) in [4.78, 5) is 46.9. The summed E-state index contributed by atoms with van der Waals surface area (Å²) in [6, 6.07) is 11.1. The summed E-state index contributed by atoms with van der Waals surface area (Å²) in [5, 5.41) is 25.4. The Morgan fingerprint density at radius 3 is 1.45 bits per heavy atom. The van der Waals surface area contributed by atoms with Gasteiger partial charge in [-0.2, -0.15) is 0 Å². The molecule has 42 heavy (non-hydrogen) atoms. The third kappa shape index (κ3) is 12.8. The fourth-order valence-electron chi connectivity index (χ4n) is 5.02. The molecule has 0 atom stereocenters. The summed E-state index contributed by atoms with van der Waals surface area (Å²) in [7, 11) is 0. The van der Waals surface area contributed by atoms with Gasteiger partial charge in [0.25, 0.3) is 11.4 Å². The number of unbranched alkanes of at least 4 members (excludes halogenated alkanes) is 14. The lowest BCUT2D eigenvalue weighted by Crippen LogP contribution is -2.32. The van der Waals surface area contributed by atoms with E-state index in [1.165, 1.54) is 119 Å². The first-order valence-corrected chi connectivity index (χ1v) is 15.3. The molecule has 10 heteroatoms. The van der Waals surface area contributed by atoms with Crippen molar-refractivity contribution in [3.05, 3.63) is 79.9 Å². The van der Waals surface area contributed by atoms with Gasteiger partial charge in [-0.05, 0) is 18.6 Å². The van der Waals surface area contributed by atoms with Crippen LogP contribution >= 0.6 is 0 Å². The van der Waals surface area contributed by atoms with Crippen LogP contribution in [0.15, 0.2) is 48.5 Å². The summed E-state index contributed by atoms with van der Waals surface area (Å²) in [6.07, 6.45) is 15.6. The second-order valence-corrected chi connectivity index (χ2v) is 10.7. The maximum atomic E-state index is 12.6. The average molecular weight is 584 g/mol. The first kappa shape index (κ1) is 34.4. The molecule has 0 saturated heterocycles. The molecule has 0 spiro atoms. The molecule has 0 heterocycles. The molecular formula is C32H45N3O7. The largest absolute Gasteiger partial charge is 0.436 e. The Bertz CT molecular complexity index is 1080. The van der Waals surface area contributed by atoms with Crippen molar-refractivity contribution < 1.29 is 24.2 Å². The van der Waals surface area contributed by atoms with Crippen LogP contribution in [-0.4, -0.2) is 21.8 Å². The summed E-state index contributed by atoms with van der Waals surface area (Å²) in [6.45, 7) is 2.24. The lowest BCUT2D eigenvalue weighted by molar-refractivity contribution is -0.387. The number of amides is 2. The van der Waals surface area contributed by atoms with Gasteiger partial charge in [0.1, 0.15) is 0 Å². The number of nitrogens with zero attached hydrogens (tertiary/aromatic N) is 2. The van der Waals surface area contributed by atoms with Gasteiger partial charge >= 0.3 is 6.09 Å². The van der Waals surface area contributed by atoms with Gasteiger partial charge in [-0.1, -0.05) is 121 Å². The number of para-hydroxylation sites is 2. The normalized spacial score (nSPS) is 10.9. The fourth-order valence-corrected chi connectivity index (χ4v) is 5.02. The van der Waals surface area contributed by atoms with Crippen LogP contribution in [0.1, 0.15) is 127 Å². The van der Waals surface area contributed by atoms with Gasteiger partial charge in [0.15, 0.2) is 6.10 Å². The van der Waals surface area contributed by atoms with Gasteiger partial charge < -0.3 is 4.74 Å². The van der Waals surface area contributed by atoms with E-state index in [1.807, 2.05) is 0 Å². The first-order valence-electron chi connectivity index (χ1n) is 15.3. The minimum absolute atomic E-state index is 0.0400. The highest BCUT2D eigenvalue weighted by molar-refractivity contribution is 5.91. The third-order valence-corrected chi connectivity index (χ3v) is 7.31. The van der Waals surface area contributed by atoms with E-state index < -0.39 is 28.0 Å². The Morgan fingerprint density at radius 1 is 0.667 bits per heavy atom. The van der Waals surface area contributed by atoms with Gasteiger partial charge in [0.2, 0.25) is 5.91 Å². The predicted octanol–water partition coefficient (Wildman–Crippen LogP) is 9.11. The van der Waals surface area contributed by atoms with E-state index in [0.29, 0.717) is 6.42 Å². The average Bonchev–Trinajstić information content (AvgIpc) is 2.97. The van der Waals surface area contributed by atoms with E-state index in [2.05, 4.69) is 12.2 Å². The topological polar surface area (TPSA) is 142 Å². The molecule has 0 radical (unpaired) electrons. The van der Waals surface area contributed by atoms with Crippen LogP contribution in [0.2, 0.25) is 0 Å². The second-order valence-electron chi connectivity index (χ2n) is 10.7. The van der Waals surface area contributed by atoms with Crippen LogP contribution in [0.25, 0.3) is 0 Å². The van der Waals surface area contributed by atoms with Crippen molar-refractivity contribution >= 4 is 23.4 Å². The molecule has 2 rings (SSSR count). The molecule has 0 unspecified atom stereocenters. The van der Waals surface area contributed by atoms with Gasteiger partial charge in [-0.3, -0.25) is 30.3 Å². The van der Waals surface area contributed by atoms with Crippen LogP contribution in [0.3, 0.4) is 0 Å². The van der Waals surface area contributed by atoms with Crippen molar-refractivity contribution in [1.29, 1.82) is 0 Å². The van der Waals surface area contributed by atoms with E-state index in [-0.39, 0.29) is 28.9 Å². The van der Waals surface area contributed by atoms with Crippen molar-refractivity contribution in [1.82, 2.24) is 5.32 Å². The van der Waals surface area contributed by atoms with E-state index in [1.54, 1.807) is 0 Å². The lowest BCUT2D eigenvalue weighted by Gasteiger charge is -2.19. The number of rotatable bonds is 21. The van der Waals surface area contributed by atoms with E-state index in [9.17, 15) is 29.8 Å². The Hall–Kier alpha value is -3.82. The van der Waals surface area contributed by atoms with E-state index >= 15 is 0 Å². The van der Waals surface area contributed by atoms with Crippen LogP contribution in [0.5, 0.6) is 0 Å². The Kier molecular flexibility index (Phi) is 16.5. The molecule has 0 aliphatic carbocycles. The predicted molar refractivity (Wildman–Crippen MR) is 162 cm³/mol. The maximum absolute atomic E-state index is 12.6. The lowest BCUT2D eigenvalue weighted by atomic mass is 9.98. The molecule has 2 aromatic rings. The highest BCUT2D eigenvalue weighted by Gasteiger charge is 2.32. The van der Waals surface area contributed by atoms with Crippen molar-refractivity contribution in [3.8, 4) is 0 Å². The first-order chi connectivity index (χ1) is 20.3. The number of carbonyl (C=O) groups excluding carboxylic acids is 2. The highest BCUT2D eigenvalue weighted by Crippen LogP contribution is 2.37. The zero-order valence-corrected chi connectivity index (χ0v) is 24.8. The van der Waals surface area contributed by atoms with Crippen LogP contribution < -0.4 is 5.32 Å². The molecule has 0 aliphatic rings. The number of nitro groups is 2. The number of ether oxygens (including phenoxy) is 1. The Labute approximate surface area is 248 Å². The molecule has 0 aromatic heterocycles. The number of imide groups is 1. The monoisotopic (exact) mass is 583 g/mol. The maximum Gasteiger partial charge on any atom is 0.414 e.